The molecule has 0 saturated heterocycles. The van der Waals surface area contributed by atoms with Gasteiger partial charge in [-0.05, 0) is 56.1 Å². The van der Waals surface area contributed by atoms with Crippen LogP contribution in [0.3, 0.4) is 0 Å². The molecule has 0 aromatic heterocycles. The lowest BCUT2D eigenvalue weighted by Gasteiger charge is -2.12. The molecule has 1 nitrogen and oxygen atoms in total. The summed E-state index contributed by atoms with van der Waals surface area (Å²) in [4.78, 5) is 4.52. The van der Waals surface area contributed by atoms with Crippen molar-refractivity contribution in [2.24, 2.45) is 4.99 Å². The summed E-state index contributed by atoms with van der Waals surface area (Å²) >= 11 is 3.64. The Bertz CT molecular complexity index is 450. The van der Waals surface area contributed by atoms with E-state index in [9.17, 15) is 0 Å². The molecule has 0 aliphatic rings. The maximum atomic E-state index is 4.52. The van der Waals surface area contributed by atoms with E-state index in [0.717, 1.165) is 15.6 Å². The maximum Gasteiger partial charge on any atom is 0.0524 e. The minimum Gasteiger partial charge on any atom is -0.287 e. The Kier molecular flexibility index (Phi) is 7.62. The van der Waals surface area contributed by atoms with E-state index >= 15 is 0 Å². The molecule has 0 N–H and O–H groups in total. The molecule has 0 heterocycles. The molecule has 104 valence electrons. The van der Waals surface area contributed by atoms with Gasteiger partial charge in [-0.3, -0.25) is 4.99 Å². The maximum absolute atomic E-state index is 4.52. The molecule has 2 heteroatoms. The fraction of sp³-hybridized carbons (Fsp3) is 0.353. The monoisotopic (exact) mass is 321 g/mol. The average Bonchev–Trinajstić information content (AvgIpc) is 2.28. The van der Waals surface area contributed by atoms with Gasteiger partial charge in [-0.15, -0.1) is 0 Å². The molecule has 0 amide bonds. The summed E-state index contributed by atoms with van der Waals surface area (Å²) in [6, 6.07) is 0. The van der Waals surface area contributed by atoms with Crippen molar-refractivity contribution < 1.29 is 0 Å². The van der Waals surface area contributed by atoms with Crippen molar-refractivity contribution in [2.75, 3.05) is 0 Å². The smallest absolute Gasteiger partial charge is 0.0524 e. The van der Waals surface area contributed by atoms with Crippen LogP contribution in [0.25, 0.3) is 0 Å². The van der Waals surface area contributed by atoms with Crippen LogP contribution in [0.1, 0.15) is 34.6 Å². The first-order chi connectivity index (χ1) is 8.72. The summed E-state index contributed by atoms with van der Waals surface area (Å²) < 4.78 is 0.994. The van der Waals surface area contributed by atoms with Gasteiger partial charge < -0.3 is 0 Å². The van der Waals surface area contributed by atoms with Crippen LogP contribution in [0.2, 0.25) is 0 Å². The minimum atomic E-state index is -0.0936. The van der Waals surface area contributed by atoms with Gasteiger partial charge in [-0.2, -0.15) is 0 Å². The fourth-order valence-electron chi connectivity index (χ4n) is 1.24. The van der Waals surface area contributed by atoms with Crippen LogP contribution in [0.5, 0.6) is 0 Å². The third-order valence-corrected chi connectivity index (χ3v) is 3.12. The SMILES string of the molecule is C=C/C=C\C(=C(C)C)/C(Br)=C(\C=C)C=NC(C)(C)C. The number of aliphatic imine (C=N–C) groups is 1. The highest BCUT2D eigenvalue weighted by Gasteiger charge is 2.08. The van der Waals surface area contributed by atoms with Crippen molar-refractivity contribution >= 4 is 22.1 Å². The van der Waals surface area contributed by atoms with Crippen LogP contribution in [0, 0.1) is 0 Å². The van der Waals surface area contributed by atoms with E-state index in [1.165, 1.54) is 5.57 Å². The lowest BCUT2D eigenvalue weighted by Crippen LogP contribution is -2.09. The molecular weight excluding hydrogens is 298 g/mol. The zero-order valence-corrected chi connectivity index (χ0v) is 14.2. The third kappa shape index (κ3) is 7.12. The minimum absolute atomic E-state index is 0.0936. The van der Waals surface area contributed by atoms with Crippen LogP contribution in [-0.2, 0) is 0 Å². The highest BCUT2D eigenvalue weighted by molar-refractivity contribution is 9.12. The molecule has 0 aromatic rings. The fourth-order valence-corrected chi connectivity index (χ4v) is 2.03. The van der Waals surface area contributed by atoms with Crippen LogP contribution < -0.4 is 0 Å². The van der Waals surface area contributed by atoms with Gasteiger partial charge in [0.25, 0.3) is 0 Å². The Morgan fingerprint density at radius 2 is 1.74 bits per heavy atom. The van der Waals surface area contributed by atoms with E-state index in [-0.39, 0.29) is 5.54 Å². The lowest BCUT2D eigenvalue weighted by atomic mass is 10.1. The Morgan fingerprint density at radius 1 is 1.16 bits per heavy atom. The molecule has 0 saturated carbocycles. The third-order valence-electron chi connectivity index (χ3n) is 2.24. The number of hydrogen-bond acceptors (Lipinski definition) is 1. The quantitative estimate of drug-likeness (QED) is 0.450. The van der Waals surface area contributed by atoms with E-state index in [4.69, 9.17) is 0 Å². The second kappa shape index (κ2) is 8.11. The van der Waals surface area contributed by atoms with E-state index in [1.54, 1.807) is 6.08 Å². The molecule has 0 aromatic carbocycles. The summed E-state index contributed by atoms with van der Waals surface area (Å²) in [5.41, 5.74) is 3.22. The van der Waals surface area contributed by atoms with Gasteiger partial charge in [-0.1, -0.05) is 43.0 Å². The van der Waals surface area contributed by atoms with Gasteiger partial charge in [0.2, 0.25) is 0 Å². The van der Waals surface area contributed by atoms with E-state index in [1.807, 2.05) is 24.4 Å². The summed E-state index contributed by atoms with van der Waals surface area (Å²) in [5, 5.41) is 0. The van der Waals surface area contributed by atoms with Crippen LogP contribution in [0.4, 0.5) is 0 Å². The zero-order chi connectivity index (χ0) is 15.1. The molecule has 0 radical (unpaired) electrons. The number of hydrogen-bond donors (Lipinski definition) is 0. The lowest BCUT2D eigenvalue weighted by molar-refractivity contribution is 0.586. The molecule has 0 bridgehead atoms. The molecule has 0 rings (SSSR count). The molecule has 0 spiro atoms. The van der Waals surface area contributed by atoms with Crippen LogP contribution in [-0.4, -0.2) is 11.8 Å². The average molecular weight is 322 g/mol. The summed E-state index contributed by atoms with van der Waals surface area (Å²) in [6.07, 6.45) is 9.39. The molecule has 19 heavy (non-hydrogen) atoms. The van der Waals surface area contributed by atoms with Crippen molar-refractivity contribution in [1.82, 2.24) is 0 Å². The van der Waals surface area contributed by atoms with E-state index in [2.05, 4.69) is 68.7 Å². The molecule has 0 aliphatic carbocycles. The van der Waals surface area contributed by atoms with E-state index in [0.29, 0.717) is 0 Å². The van der Waals surface area contributed by atoms with E-state index < -0.39 is 0 Å². The number of allylic oxidation sites excluding steroid dienone is 8. The standard InChI is InChI=1S/C17H24BrN/c1-8-10-11-15(13(3)4)16(18)14(9-2)12-19-17(5,6)7/h8-12H,1-2H2,3-7H3/b11-10-,16-14-,19-12?. The van der Waals surface area contributed by atoms with Crippen molar-refractivity contribution in [3.8, 4) is 0 Å². The van der Waals surface area contributed by atoms with Gasteiger partial charge in [-0.25, -0.2) is 0 Å². The molecular formula is C17H24BrN. The van der Waals surface area contributed by atoms with Crippen LogP contribution in [0.15, 0.2) is 63.7 Å². The number of nitrogens with zero attached hydrogens (tertiary/aromatic N) is 1. The van der Waals surface area contributed by atoms with Gasteiger partial charge in [0.15, 0.2) is 0 Å². The van der Waals surface area contributed by atoms with Gasteiger partial charge in [0, 0.05) is 16.3 Å². The molecule has 0 aliphatic heterocycles. The highest BCUT2D eigenvalue weighted by Crippen LogP contribution is 2.26. The second-order valence-corrected chi connectivity index (χ2v) is 6.20. The predicted octanol–water partition coefficient (Wildman–Crippen LogP) is 5.77. The largest absolute Gasteiger partial charge is 0.287 e. The van der Waals surface area contributed by atoms with Crippen molar-refractivity contribution in [3.05, 3.63) is 58.7 Å². The Labute approximate surface area is 126 Å². The Morgan fingerprint density at radius 3 is 2.11 bits per heavy atom. The van der Waals surface area contributed by atoms with Crippen molar-refractivity contribution in [3.63, 3.8) is 0 Å². The van der Waals surface area contributed by atoms with Gasteiger partial charge in [0.05, 0.1) is 5.54 Å². The summed E-state index contributed by atoms with van der Waals surface area (Å²) in [5.74, 6) is 0. The molecule has 0 atom stereocenters. The predicted molar refractivity (Wildman–Crippen MR) is 92.1 cm³/mol. The highest BCUT2D eigenvalue weighted by atomic mass is 79.9. The first-order valence-corrected chi connectivity index (χ1v) is 7.06. The van der Waals surface area contributed by atoms with Crippen LogP contribution >= 0.6 is 15.9 Å². The summed E-state index contributed by atoms with van der Waals surface area (Å²) in [7, 11) is 0. The Hall–Kier alpha value is -1.15. The zero-order valence-electron chi connectivity index (χ0n) is 12.6. The molecule has 0 unspecified atom stereocenters. The summed E-state index contributed by atoms with van der Waals surface area (Å²) in [6.45, 7) is 17.9. The van der Waals surface area contributed by atoms with Crippen molar-refractivity contribution in [1.29, 1.82) is 0 Å². The Balaban J connectivity index is 5.66. The second-order valence-electron chi connectivity index (χ2n) is 5.41. The first kappa shape index (κ1) is 17.8. The number of rotatable bonds is 5. The molecule has 0 fully saturated rings. The normalized spacial score (nSPS) is 13.6. The van der Waals surface area contributed by atoms with Gasteiger partial charge in [0.1, 0.15) is 0 Å². The van der Waals surface area contributed by atoms with Crippen molar-refractivity contribution in [2.45, 2.75) is 40.2 Å². The first-order valence-electron chi connectivity index (χ1n) is 6.27. The van der Waals surface area contributed by atoms with Gasteiger partial charge >= 0.3 is 0 Å². The topological polar surface area (TPSA) is 12.4 Å². The number of halogens is 1.